The number of aryl methyl sites for hydroxylation is 1. The van der Waals surface area contributed by atoms with Gasteiger partial charge in [-0.2, -0.15) is 0 Å². The lowest BCUT2D eigenvalue weighted by atomic mass is 10.1. The zero-order valence-electron chi connectivity index (χ0n) is 11.9. The Morgan fingerprint density at radius 3 is 2.52 bits per heavy atom. The number of benzene rings is 2. The van der Waals surface area contributed by atoms with Crippen molar-refractivity contribution < 1.29 is 9.15 Å². The Kier molecular flexibility index (Phi) is 3.65. The zero-order valence-corrected chi connectivity index (χ0v) is 11.9. The third-order valence-electron chi connectivity index (χ3n) is 3.20. The van der Waals surface area contributed by atoms with E-state index in [1.54, 1.807) is 0 Å². The molecule has 0 bridgehead atoms. The number of nitrogen functional groups attached to an aromatic ring is 1. The lowest BCUT2D eigenvalue weighted by Gasteiger charge is -2.09. The summed E-state index contributed by atoms with van der Waals surface area (Å²) in [4.78, 5) is 0. The average molecular weight is 279 g/mol. The van der Waals surface area contributed by atoms with Crippen LogP contribution in [0.5, 0.6) is 5.75 Å². The van der Waals surface area contributed by atoms with Crippen molar-refractivity contribution in [1.29, 1.82) is 0 Å². The molecule has 0 unspecified atom stereocenters. The SMILES string of the molecule is Cc1ccc(-c2cc(N)cc(OCc3ccccc3)c2)o1. The smallest absolute Gasteiger partial charge is 0.134 e. The number of hydrogen-bond acceptors (Lipinski definition) is 3. The third-order valence-corrected chi connectivity index (χ3v) is 3.20. The van der Waals surface area contributed by atoms with Gasteiger partial charge < -0.3 is 14.9 Å². The average Bonchev–Trinajstić information content (AvgIpc) is 2.92. The van der Waals surface area contributed by atoms with Gasteiger partial charge in [0.1, 0.15) is 23.9 Å². The molecule has 0 amide bonds. The van der Waals surface area contributed by atoms with Gasteiger partial charge in [0.05, 0.1) is 0 Å². The van der Waals surface area contributed by atoms with E-state index in [4.69, 9.17) is 14.9 Å². The van der Waals surface area contributed by atoms with E-state index in [9.17, 15) is 0 Å². The van der Waals surface area contributed by atoms with Crippen molar-refractivity contribution in [2.45, 2.75) is 13.5 Å². The third kappa shape index (κ3) is 3.26. The molecule has 2 aromatic carbocycles. The Balaban J connectivity index is 1.81. The van der Waals surface area contributed by atoms with Crippen LogP contribution in [0, 0.1) is 6.92 Å². The molecule has 3 aromatic rings. The Hall–Kier alpha value is -2.68. The highest BCUT2D eigenvalue weighted by atomic mass is 16.5. The summed E-state index contributed by atoms with van der Waals surface area (Å²) in [5, 5.41) is 0. The predicted molar refractivity (Wildman–Crippen MR) is 84.1 cm³/mol. The summed E-state index contributed by atoms with van der Waals surface area (Å²) in [7, 11) is 0. The second-order valence-corrected chi connectivity index (χ2v) is 4.98. The summed E-state index contributed by atoms with van der Waals surface area (Å²) in [5.74, 6) is 2.41. The molecule has 0 aliphatic rings. The fourth-order valence-corrected chi connectivity index (χ4v) is 2.18. The molecule has 0 radical (unpaired) electrons. The van der Waals surface area contributed by atoms with Crippen LogP contribution in [0.1, 0.15) is 11.3 Å². The van der Waals surface area contributed by atoms with E-state index in [1.807, 2.05) is 67.6 Å². The molecule has 3 heteroatoms. The fourth-order valence-electron chi connectivity index (χ4n) is 2.18. The van der Waals surface area contributed by atoms with Gasteiger partial charge in [0.25, 0.3) is 0 Å². The van der Waals surface area contributed by atoms with Gasteiger partial charge in [0.2, 0.25) is 0 Å². The molecular weight excluding hydrogens is 262 g/mol. The molecule has 3 rings (SSSR count). The molecule has 0 atom stereocenters. The molecule has 0 spiro atoms. The lowest BCUT2D eigenvalue weighted by Crippen LogP contribution is -1.96. The molecule has 3 nitrogen and oxygen atoms in total. The van der Waals surface area contributed by atoms with Crippen LogP contribution in [0.25, 0.3) is 11.3 Å². The van der Waals surface area contributed by atoms with Gasteiger partial charge in [-0.15, -0.1) is 0 Å². The Morgan fingerprint density at radius 1 is 1.00 bits per heavy atom. The van der Waals surface area contributed by atoms with Crippen LogP contribution in [-0.4, -0.2) is 0 Å². The number of hydrogen-bond donors (Lipinski definition) is 1. The Bertz CT molecular complexity index is 732. The molecule has 0 aliphatic carbocycles. The summed E-state index contributed by atoms with van der Waals surface area (Å²) in [5.41, 5.74) is 8.65. The predicted octanol–water partition coefficient (Wildman–Crippen LogP) is 4.42. The van der Waals surface area contributed by atoms with Gasteiger partial charge in [-0.1, -0.05) is 30.3 Å². The van der Waals surface area contributed by atoms with Gasteiger partial charge >= 0.3 is 0 Å². The summed E-state index contributed by atoms with van der Waals surface area (Å²) in [6, 6.07) is 19.6. The Morgan fingerprint density at radius 2 is 1.81 bits per heavy atom. The van der Waals surface area contributed by atoms with Crippen molar-refractivity contribution >= 4 is 5.69 Å². The van der Waals surface area contributed by atoms with Crippen LogP contribution < -0.4 is 10.5 Å². The van der Waals surface area contributed by atoms with Crippen LogP contribution in [0.2, 0.25) is 0 Å². The number of rotatable bonds is 4. The van der Waals surface area contributed by atoms with Gasteiger partial charge in [-0.25, -0.2) is 0 Å². The summed E-state index contributed by atoms with van der Waals surface area (Å²) in [6.07, 6.45) is 0. The highest BCUT2D eigenvalue weighted by molar-refractivity contribution is 5.66. The van der Waals surface area contributed by atoms with Gasteiger partial charge in [-0.05, 0) is 36.8 Å². The zero-order chi connectivity index (χ0) is 14.7. The van der Waals surface area contributed by atoms with E-state index in [0.29, 0.717) is 12.3 Å². The quantitative estimate of drug-likeness (QED) is 0.719. The van der Waals surface area contributed by atoms with E-state index in [-0.39, 0.29) is 0 Å². The van der Waals surface area contributed by atoms with Crippen molar-refractivity contribution in [3.63, 3.8) is 0 Å². The van der Waals surface area contributed by atoms with Gasteiger partial charge in [-0.3, -0.25) is 0 Å². The topological polar surface area (TPSA) is 48.4 Å². The Labute approximate surface area is 124 Å². The van der Waals surface area contributed by atoms with E-state index in [1.165, 1.54) is 0 Å². The standard InChI is InChI=1S/C18H17NO2/c1-13-7-8-18(21-13)15-9-16(19)11-17(10-15)20-12-14-5-3-2-4-6-14/h2-11H,12,19H2,1H3. The molecular formula is C18H17NO2. The first-order chi connectivity index (χ1) is 10.2. The second kappa shape index (κ2) is 5.75. The van der Waals surface area contributed by atoms with Gasteiger partial charge in [0.15, 0.2) is 0 Å². The van der Waals surface area contributed by atoms with Crippen LogP contribution in [-0.2, 0) is 6.61 Å². The largest absolute Gasteiger partial charge is 0.489 e. The highest BCUT2D eigenvalue weighted by Gasteiger charge is 2.06. The van der Waals surface area contributed by atoms with Crippen LogP contribution in [0.15, 0.2) is 65.1 Å². The van der Waals surface area contributed by atoms with E-state index < -0.39 is 0 Å². The maximum Gasteiger partial charge on any atom is 0.134 e. The van der Waals surface area contributed by atoms with Gasteiger partial charge in [0, 0.05) is 17.3 Å². The van der Waals surface area contributed by atoms with Crippen molar-refractivity contribution in [3.05, 3.63) is 72.0 Å². The molecule has 1 aromatic heterocycles. The van der Waals surface area contributed by atoms with Crippen molar-refractivity contribution in [1.82, 2.24) is 0 Å². The second-order valence-electron chi connectivity index (χ2n) is 4.98. The summed E-state index contributed by atoms with van der Waals surface area (Å²) < 4.78 is 11.5. The monoisotopic (exact) mass is 279 g/mol. The van der Waals surface area contributed by atoms with Crippen LogP contribution in [0.4, 0.5) is 5.69 Å². The minimum absolute atomic E-state index is 0.515. The van der Waals surface area contributed by atoms with Crippen molar-refractivity contribution in [2.24, 2.45) is 0 Å². The summed E-state index contributed by atoms with van der Waals surface area (Å²) in [6.45, 7) is 2.43. The fraction of sp³-hybridized carbons (Fsp3) is 0.111. The molecule has 0 saturated carbocycles. The lowest BCUT2D eigenvalue weighted by molar-refractivity contribution is 0.306. The summed E-state index contributed by atoms with van der Waals surface area (Å²) >= 11 is 0. The maximum atomic E-state index is 5.95. The van der Waals surface area contributed by atoms with Crippen molar-refractivity contribution in [3.8, 4) is 17.1 Å². The van der Waals surface area contributed by atoms with Crippen molar-refractivity contribution in [2.75, 3.05) is 5.73 Å². The molecule has 2 N–H and O–H groups in total. The van der Waals surface area contributed by atoms with Crippen LogP contribution >= 0.6 is 0 Å². The molecule has 106 valence electrons. The minimum Gasteiger partial charge on any atom is -0.489 e. The number of anilines is 1. The van der Waals surface area contributed by atoms with E-state index in [0.717, 1.165) is 28.4 Å². The van der Waals surface area contributed by atoms with E-state index in [2.05, 4.69) is 0 Å². The minimum atomic E-state index is 0.515. The molecule has 0 aliphatic heterocycles. The molecule has 1 heterocycles. The highest BCUT2D eigenvalue weighted by Crippen LogP contribution is 2.29. The first-order valence-electron chi connectivity index (χ1n) is 6.85. The number of nitrogens with two attached hydrogens (primary N) is 1. The van der Waals surface area contributed by atoms with Crippen LogP contribution in [0.3, 0.4) is 0 Å². The molecule has 0 saturated heterocycles. The number of furan rings is 1. The number of ether oxygens (including phenoxy) is 1. The maximum absolute atomic E-state index is 5.95. The first kappa shape index (κ1) is 13.3. The first-order valence-corrected chi connectivity index (χ1v) is 6.85. The normalized spacial score (nSPS) is 10.5. The molecule has 21 heavy (non-hydrogen) atoms. The molecule has 0 fully saturated rings. The van der Waals surface area contributed by atoms with E-state index >= 15 is 0 Å².